The molecule has 0 bridgehead atoms. The zero-order valence-electron chi connectivity index (χ0n) is 73.4. The molecule has 0 radical (unpaired) electrons. The molecule has 0 aromatic carbocycles. The predicted octanol–water partition coefficient (Wildman–Crippen LogP) is -14.3. The Hall–Kier alpha value is -11.1. The Labute approximate surface area is 767 Å². The molecule has 13 aliphatic heterocycles. The summed E-state index contributed by atoms with van der Waals surface area (Å²) in [6.45, 7) is -5.85. The third-order valence-electron chi connectivity index (χ3n) is 27.4. The fourth-order valence-electron chi connectivity index (χ4n) is 20.9. The van der Waals surface area contributed by atoms with E-state index in [-0.39, 0.29) is 167 Å². The van der Waals surface area contributed by atoms with Crippen LogP contribution in [0.25, 0.3) is 0 Å². The van der Waals surface area contributed by atoms with Gasteiger partial charge in [0.25, 0.3) is 0 Å². The summed E-state index contributed by atoms with van der Waals surface area (Å²) in [4.78, 5) is 302. The second-order valence-corrected chi connectivity index (χ2v) is 36.7. The molecule has 133 heavy (non-hydrogen) atoms. The molecule has 13 aliphatic rings. The topological polar surface area (TPSA) is 667 Å². The summed E-state index contributed by atoms with van der Waals surface area (Å²) in [6, 6.07) is -16.6. The summed E-state index contributed by atoms with van der Waals surface area (Å²) in [6.07, 6.45) is -5.94. The zero-order valence-corrected chi connectivity index (χ0v) is 74.3. The first kappa shape index (κ1) is 99.4. The van der Waals surface area contributed by atoms with E-state index >= 15 is 0 Å². The lowest BCUT2D eigenvalue weighted by atomic mass is 10.1. The standard InChI is InChI=1S/C82H119N21O29S/c104-41-19-55(97(33-41)76(126)48-7-1-13-83-48)70(120)85-27-63(112)93-15-3-9-51(93)79(129)100-36-44(107)22-58(100)72(122)87-29-65(114)92-14-2-8-50(92)78(128)99-35-43(106)21-57(99)69(119)84-26-62(111)91-49(40-133)77(127)98-34-42(105)20-56(98)71(121)86-28-64(113)94-16-4-10-52(94)80(130)101-37-45(108)23-59(101)73(123)88-30-66(115)95-17-5-11-53(95)81(131)102-38-46(109)24-60(102)74(124)89-31-67(116)96-18-6-12-54(96)82(132)103-39-47(110)25-61(103)75(125)90-32-68(117)118/h41-61,83,104-110,133H,1-40H2,(H,84,119)(H,85,120)(H,86,121)(H,87,122)(H,88,123)(H,89,124)(H,90,125)(H,91,111)(H,117,118)/t41-,42-,43-,44-,45-,46-,47-,48+,49+,50+,51+,52+,53+,54+,55+,56+,57+,58+,59+,60+,61+/m1/s1. The number of carbonyl (C=O) groups excluding carboxylic acids is 20. The highest BCUT2D eigenvalue weighted by atomic mass is 32.1. The number of nitrogens with one attached hydrogen (secondary N) is 9. The monoisotopic (exact) mass is 1890 g/mol. The van der Waals surface area contributed by atoms with Gasteiger partial charge in [0.15, 0.2) is 0 Å². The van der Waals surface area contributed by atoms with Crippen LogP contribution < -0.4 is 47.9 Å². The quantitative estimate of drug-likeness (QED) is 0.0297. The zero-order chi connectivity index (χ0) is 95.8. The number of carboxylic acids is 1. The third kappa shape index (κ3) is 22.6. The van der Waals surface area contributed by atoms with Crippen molar-refractivity contribution in [3.63, 3.8) is 0 Å². The average Bonchev–Trinajstić information content (AvgIpc) is 1.66. The normalized spacial score (nSPS) is 30.4. The van der Waals surface area contributed by atoms with Gasteiger partial charge in [-0.3, -0.25) is 101 Å². The smallest absolute Gasteiger partial charge is 0.322 e. The molecule has 51 heteroatoms. The van der Waals surface area contributed by atoms with E-state index in [4.69, 9.17) is 5.11 Å². The number of β-amino-alcohol motifs (C(OH)–C–C–N with tert-alkyl or cyclic N) is 7. The van der Waals surface area contributed by atoms with Gasteiger partial charge in [-0.05, 0) is 83.6 Å². The largest absolute Gasteiger partial charge is 0.480 e. The Morgan fingerprint density at radius 3 is 0.737 bits per heavy atom. The summed E-state index contributed by atoms with van der Waals surface area (Å²) < 4.78 is 0. The number of thiol groups is 1. The molecule has 732 valence electrons. The first-order chi connectivity index (χ1) is 63.4. The highest BCUT2D eigenvalue weighted by Gasteiger charge is 2.54. The summed E-state index contributed by atoms with van der Waals surface area (Å²) in [5, 5.41) is 107. The van der Waals surface area contributed by atoms with Gasteiger partial charge in [0.1, 0.15) is 85.1 Å². The van der Waals surface area contributed by atoms with Crippen LogP contribution in [-0.4, -0.2) is 488 Å². The van der Waals surface area contributed by atoms with Crippen LogP contribution in [0.15, 0.2) is 0 Å². The van der Waals surface area contributed by atoms with Crippen molar-refractivity contribution in [2.45, 2.75) is 249 Å². The van der Waals surface area contributed by atoms with Crippen LogP contribution in [0.2, 0.25) is 0 Å². The number of aliphatic hydroxyl groups excluding tert-OH is 7. The van der Waals surface area contributed by atoms with E-state index < -0.39 is 298 Å². The van der Waals surface area contributed by atoms with Crippen molar-refractivity contribution in [1.29, 1.82) is 0 Å². The molecule has 21 atom stereocenters. The number of hydrogen-bond donors (Lipinski definition) is 18. The molecular weight excluding hydrogens is 1780 g/mol. The van der Waals surface area contributed by atoms with Crippen LogP contribution in [0.4, 0.5) is 0 Å². The molecule has 0 saturated carbocycles. The summed E-state index contributed by atoms with van der Waals surface area (Å²) in [5.41, 5.74) is 0. The van der Waals surface area contributed by atoms with Gasteiger partial charge in [0, 0.05) is 129 Å². The molecule has 0 aliphatic carbocycles. The van der Waals surface area contributed by atoms with Crippen LogP contribution in [0.5, 0.6) is 0 Å². The minimum absolute atomic E-state index is 0.0130. The van der Waals surface area contributed by atoms with Crippen molar-refractivity contribution in [2.24, 2.45) is 0 Å². The maximum Gasteiger partial charge on any atom is 0.322 e. The summed E-state index contributed by atoms with van der Waals surface area (Å²) in [5.74, 6) is -16.7. The predicted molar refractivity (Wildman–Crippen MR) is 452 cm³/mol. The number of nitrogens with zero attached hydrogens (tertiary/aromatic N) is 12. The molecular formula is C82H119N21O29S. The molecule has 0 spiro atoms. The molecule has 13 saturated heterocycles. The van der Waals surface area contributed by atoms with Gasteiger partial charge in [-0.15, -0.1) is 0 Å². The van der Waals surface area contributed by atoms with E-state index in [9.17, 15) is 136 Å². The van der Waals surface area contributed by atoms with Crippen molar-refractivity contribution in [3.05, 3.63) is 0 Å². The Kier molecular flexibility index (Phi) is 32.5. The van der Waals surface area contributed by atoms with Crippen LogP contribution >= 0.6 is 12.6 Å². The van der Waals surface area contributed by atoms with Crippen molar-refractivity contribution in [3.8, 4) is 0 Å². The van der Waals surface area contributed by atoms with Crippen LogP contribution in [0.1, 0.15) is 122 Å². The number of likely N-dealkylation sites (tertiary alicyclic amines) is 12. The van der Waals surface area contributed by atoms with E-state index in [1.54, 1.807) is 0 Å². The minimum Gasteiger partial charge on any atom is -0.480 e. The van der Waals surface area contributed by atoms with Gasteiger partial charge in [0.2, 0.25) is 118 Å². The highest BCUT2D eigenvalue weighted by molar-refractivity contribution is 7.80. The van der Waals surface area contributed by atoms with E-state index in [0.717, 1.165) is 35.8 Å². The summed E-state index contributed by atoms with van der Waals surface area (Å²) >= 11 is 4.25. The van der Waals surface area contributed by atoms with E-state index in [2.05, 4.69) is 60.5 Å². The van der Waals surface area contributed by atoms with Crippen molar-refractivity contribution >= 4 is 137 Å². The van der Waals surface area contributed by atoms with E-state index in [0.29, 0.717) is 38.6 Å². The molecule has 0 unspecified atom stereocenters. The summed E-state index contributed by atoms with van der Waals surface area (Å²) in [7, 11) is 0. The number of carboxylic acid groups (broad SMARTS) is 1. The number of aliphatic hydroxyl groups is 7. The number of amides is 20. The molecule has 17 N–H and O–H groups in total. The SMILES string of the molecule is O=C(O)CNC(=O)[C@@H]1C[C@@H](O)CN1C(=O)[C@@H]1CCCN1C(=O)CNC(=O)[C@@H]1C[C@@H](O)CN1C(=O)[C@@H]1CCCN1C(=O)CNC(=O)[C@@H]1C[C@@H](O)CN1C(=O)[C@@H]1CCCN1C(=O)CNC(=O)[C@@H]1C[C@@H](O)CN1C(=O)[C@H](CS)NC(=O)CNC(=O)[C@@H]1C[C@@H](O)CN1C(=O)[C@@H]1CCCN1C(=O)CNC(=O)[C@@H]1C[C@@H](O)CN1C(=O)[C@@H]1CCCN1C(=O)CNC(=O)[C@@H]1C[C@@H](O)CN1C(=O)[C@@H]1CCCN1. The van der Waals surface area contributed by atoms with Crippen LogP contribution in [-0.2, 0) is 101 Å². The fraction of sp³-hybridized carbons (Fsp3) is 0.744. The molecule has 0 aromatic rings. The van der Waals surface area contributed by atoms with Crippen LogP contribution in [0, 0.1) is 0 Å². The lowest BCUT2D eigenvalue weighted by molar-refractivity contribution is -0.148. The molecule has 13 rings (SSSR count). The average molecular weight is 1900 g/mol. The lowest BCUT2D eigenvalue weighted by Gasteiger charge is -2.32. The molecule has 20 amide bonds. The third-order valence-corrected chi connectivity index (χ3v) is 27.8. The van der Waals surface area contributed by atoms with Gasteiger partial charge in [0.05, 0.1) is 88.0 Å². The van der Waals surface area contributed by atoms with Gasteiger partial charge < -0.3 is 148 Å². The molecule has 50 nitrogen and oxygen atoms in total. The number of aliphatic carboxylic acids is 1. The molecule has 13 fully saturated rings. The second kappa shape index (κ2) is 43.5. The first-order valence-corrected chi connectivity index (χ1v) is 46.2. The highest BCUT2D eigenvalue weighted by Crippen LogP contribution is 2.34. The maximum absolute atomic E-state index is 14.4. The van der Waals surface area contributed by atoms with E-state index in [1.165, 1.54) is 29.4 Å². The van der Waals surface area contributed by atoms with Crippen molar-refractivity contribution in [2.75, 3.05) is 137 Å². The van der Waals surface area contributed by atoms with Gasteiger partial charge in [-0.2, -0.15) is 12.6 Å². The van der Waals surface area contributed by atoms with E-state index in [1.807, 2.05) is 0 Å². The van der Waals surface area contributed by atoms with Crippen molar-refractivity contribution in [1.82, 2.24) is 107 Å². The fourth-order valence-corrected chi connectivity index (χ4v) is 21.2. The van der Waals surface area contributed by atoms with Gasteiger partial charge in [-0.25, -0.2) is 0 Å². The molecule has 13 heterocycles. The number of carbonyl (C=O) groups is 21. The first-order valence-electron chi connectivity index (χ1n) is 45.6. The van der Waals surface area contributed by atoms with Crippen LogP contribution in [0.3, 0.4) is 0 Å². The minimum atomic E-state index is -1.48. The number of rotatable bonds is 30. The Morgan fingerprint density at radius 2 is 0.504 bits per heavy atom. The molecule has 0 aromatic heterocycles. The van der Waals surface area contributed by atoms with Crippen molar-refractivity contribution < 1.29 is 142 Å². The lowest BCUT2D eigenvalue weighted by Crippen LogP contribution is -2.57. The Balaban J connectivity index is 0.530. The Bertz CT molecular complexity index is 4530. The van der Waals surface area contributed by atoms with Gasteiger partial charge in [-0.1, -0.05) is 0 Å². The Morgan fingerprint density at radius 1 is 0.278 bits per heavy atom. The van der Waals surface area contributed by atoms with Gasteiger partial charge >= 0.3 is 5.97 Å². The number of hydrogen-bond acceptors (Lipinski definition) is 30. The second-order valence-electron chi connectivity index (χ2n) is 36.4. The maximum atomic E-state index is 14.4.